The third-order valence-corrected chi connectivity index (χ3v) is 7.10. The number of para-hydroxylation sites is 1. The van der Waals surface area contributed by atoms with Crippen LogP contribution in [0, 0.1) is 13.8 Å². The lowest BCUT2D eigenvalue weighted by atomic mass is 9.96. The number of carbonyl (C=O) groups is 1. The minimum absolute atomic E-state index is 0.107. The summed E-state index contributed by atoms with van der Waals surface area (Å²) in [5, 5.41) is 13.0. The van der Waals surface area contributed by atoms with Crippen molar-refractivity contribution < 1.29 is 14.6 Å². The van der Waals surface area contributed by atoms with E-state index in [0.717, 1.165) is 39.0 Å². The molecule has 170 valence electrons. The average Bonchev–Trinajstić information content (AvgIpc) is 2.94. The summed E-state index contributed by atoms with van der Waals surface area (Å²) in [6.45, 7) is 5.29. The fraction of sp³-hybridized carbons (Fsp3) is 0.423. The number of carbonyl (C=O) groups excluding carboxylic acids is 1. The topological polar surface area (TPSA) is 54.7 Å². The number of benzene rings is 2. The fourth-order valence-corrected chi connectivity index (χ4v) is 4.73. The number of ether oxygens (including phenoxy) is 1. The molecule has 0 aliphatic carbocycles. The van der Waals surface area contributed by atoms with Crippen LogP contribution in [0.15, 0.2) is 42.6 Å². The van der Waals surface area contributed by atoms with Crippen molar-refractivity contribution in [1.82, 2.24) is 9.47 Å². The molecule has 32 heavy (non-hydrogen) atoms. The van der Waals surface area contributed by atoms with Gasteiger partial charge in [0.25, 0.3) is 0 Å². The highest BCUT2D eigenvalue weighted by Crippen LogP contribution is 2.29. The van der Waals surface area contributed by atoms with Crippen LogP contribution in [0.5, 0.6) is 5.75 Å². The highest BCUT2D eigenvalue weighted by molar-refractivity contribution is 6.32. The number of amides is 1. The third kappa shape index (κ3) is 4.79. The Hall–Kier alpha value is -2.50. The molecule has 2 aromatic carbocycles. The lowest BCUT2D eigenvalue weighted by molar-refractivity contribution is -0.130. The maximum absolute atomic E-state index is 13.1. The van der Waals surface area contributed by atoms with E-state index in [2.05, 4.69) is 16.7 Å². The largest absolute Gasteiger partial charge is 0.491 e. The molecule has 0 saturated carbocycles. The molecule has 1 fully saturated rings. The molecule has 1 saturated heterocycles. The van der Waals surface area contributed by atoms with Gasteiger partial charge < -0.3 is 19.3 Å². The Morgan fingerprint density at radius 1 is 1.16 bits per heavy atom. The van der Waals surface area contributed by atoms with E-state index >= 15 is 0 Å². The van der Waals surface area contributed by atoms with Crippen LogP contribution in [0.4, 0.5) is 0 Å². The molecule has 4 rings (SSSR count). The van der Waals surface area contributed by atoms with Gasteiger partial charge in [-0.05, 0) is 68.0 Å². The number of halogens is 1. The summed E-state index contributed by atoms with van der Waals surface area (Å²) in [6.07, 6.45) is 4.27. The van der Waals surface area contributed by atoms with Crippen molar-refractivity contribution in [3.05, 3.63) is 64.3 Å². The number of rotatable bonds is 5. The molecule has 3 aromatic rings. The minimum atomic E-state index is -0.948. The first-order chi connectivity index (χ1) is 15.3. The zero-order valence-electron chi connectivity index (χ0n) is 19.0. The normalized spacial score (nSPS) is 19.2. The molecule has 2 heterocycles. The smallest absolute Gasteiger partial charge is 0.227 e. The van der Waals surface area contributed by atoms with Gasteiger partial charge in [0.15, 0.2) is 0 Å². The van der Waals surface area contributed by atoms with E-state index in [1.54, 1.807) is 0 Å². The van der Waals surface area contributed by atoms with Gasteiger partial charge in [-0.15, -0.1) is 0 Å². The molecule has 6 heteroatoms. The lowest BCUT2D eigenvalue weighted by Gasteiger charge is -2.27. The van der Waals surface area contributed by atoms with Gasteiger partial charge in [0.05, 0.1) is 6.42 Å². The van der Waals surface area contributed by atoms with Crippen molar-refractivity contribution in [2.45, 2.75) is 45.1 Å². The van der Waals surface area contributed by atoms with Gasteiger partial charge in [-0.1, -0.05) is 29.8 Å². The number of aromatic nitrogens is 1. The Labute approximate surface area is 194 Å². The molecule has 0 radical (unpaired) electrons. The number of aliphatic hydroxyl groups is 1. The molecule has 1 aliphatic rings. The summed E-state index contributed by atoms with van der Waals surface area (Å²) in [7, 11) is 2.01. The van der Waals surface area contributed by atoms with Gasteiger partial charge >= 0.3 is 0 Å². The summed E-state index contributed by atoms with van der Waals surface area (Å²) in [4.78, 5) is 14.9. The molecule has 0 bridgehead atoms. The second-order valence-corrected chi connectivity index (χ2v) is 9.46. The predicted molar refractivity (Wildman–Crippen MR) is 128 cm³/mol. The number of hydrogen-bond acceptors (Lipinski definition) is 3. The maximum Gasteiger partial charge on any atom is 0.227 e. The molecule has 0 spiro atoms. The number of likely N-dealkylation sites (tertiary alicyclic amines) is 1. The van der Waals surface area contributed by atoms with Gasteiger partial charge in [0, 0.05) is 42.3 Å². The molecule has 1 amide bonds. The van der Waals surface area contributed by atoms with Crippen LogP contribution >= 0.6 is 11.6 Å². The quantitative estimate of drug-likeness (QED) is 0.601. The Kier molecular flexibility index (Phi) is 6.50. The van der Waals surface area contributed by atoms with Gasteiger partial charge in [0.2, 0.25) is 5.91 Å². The molecule has 1 aromatic heterocycles. The number of aryl methyl sites for hydroxylation is 3. The third-order valence-electron chi connectivity index (χ3n) is 6.51. The van der Waals surface area contributed by atoms with Crippen LogP contribution < -0.4 is 4.74 Å². The molecular formula is C26H31ClN2O3. The molecule has 1 unspecified atom stereocenters. The second kappa shape index (κ2) is 9.16. The number of hydrogen-bond donors (Lipinski definition) is 1. The van der Waals surface area contributed by atoms with E-state index < -0.39 is 5.60 Å². The van der Waals surface area contributed by atoms with Crippen molar-refractivity contribution >= 4 is 28.4 Å². The van der Waals surface area contributed by atoms with Crippen molar-refractivity contribution in [2.24, 2.45) is 7.05 Å². The first-order valence-corrected chi connectivity index (χ1v) is 11.6. The summed E-state index contributed by atoms with van der Waals surface area (Å²) in [5.41, 5.74) is 3.14. The van der Waals surface area contributed by atoms with E-state index in [4.69, 9.17) is 16.3 Å². The van der Waals surface area contributed by atoms with E-state index in [1.165, 1.54) is 0 Å². The highest BCUT2D eigenvalue weighted by Gasteiger charge is 2.32. The van der Waals surface area contributed by atoms with E-state index in [0.29, 0.717) is 38.1 Å². The molecule has 1 atom stereocenters. The van der Waals surface area contributed by atoms with Crippen molar-refractivity contribution in [3.63, 3.8) is 0 Å². The minimum Gasteiger partial charge on any atom is -0.491 e. The summed E-state index contributed by atoms with van der Waals surface area (Å²) >= 11 is 6.24. The van der Waals surface area contributed by atoms with E-state index in [1.807, 2.05) is 56.3 Å². The molecule has 1 N–H and O–H groups in total. The van der Waals surface area contributed by atoms with Crippen molar-refractivity contribution in [2.75, 3.05) is 19.7 Å². The van der Waals surface area contributed by atoms with Crippen LogP contribution in [-0.2, 0) is 18.3 Å². The number of nitrogens with zero attached hydrogens (tertiary/aromatic N) is 2. The maximum atomic E-state index is 13.1. The Morgan fingerprint density at radius 2 is 1.88 bits per heavy atom. The zero-order valence-corrected chi connectivity index (χ0v) is 19.8. The van der Waals surface area contributed by atoms with Crippen LogP contribution in [0.1, 0.15) is 36.0 Å². The summed E-state index contributed by atoms with van der Waals surface area (Å²) in [5.74, 6) is 0.821. The van der Waals surface area contributed by atoms with E-state index in [-0.39, 0.29) is 12.5 Å². The standard InChI is InChI=1S/C26H31ClN2O3/c1-18-13-21(14-19(2)25(18)27)32-17-26(31)9-6-11-29(12-10-26)24(30)15-20-16-28(3)23-8-5-4-7-22(20)23/h4-5,7-8,13-14,16,31H,6,9-12,15,17H2,1-3H3. The number of fused-ring (bicyclic) bond motifs is 1. The summed E-state index contributed by atoms with van der Waals surface area (Å²) < 4.78 is 8.01. The van der Waals surface area contributed by atoms with Crippen molar-refractivity contribution in [3.8, 4) is 5.75 Å². The van der Waals surface area contributed by atoms with Gasteiger partial charge in [-0.25, -0.2) is 0 Å². The lowest BCUT2D eigenvalue weighted by Crippen LogP contribution is -2.38. The summed E-state index contributed by atoms with van der Waals surface area (Å²) in [6, 6.07) is 11.9. The van der Waals surface area contributed by atoms with Gasteiger partial charge in [-0.3, -0.25) is 4.79 Å². The van der Waals surface area contributed by atoms with Crippen LogP contribution in [0.25, 0.3) is 10.9 Å². The van der Waals surface area contributed by atoms with Crippen LogP contribution in [0.3, 0.4) is 0 Å². The van der Waals surface area contributed by atoms with Gasteiger partial charge in [0.1, 0.15) is 18.0 Å². The van der Waals surface area contributed by atoms with Crippen LogP contribution in [-0.4, -0.2) is 45.8 Å². The SMILES string of the molecule is Cc1cc(OCC2(O)CCCN(C(=O)Cc3cn(C)c4ccccc34)CC2)cc(C)c1Cl. The Bertz CT molecular complexity index is 1120. The predicted octanol–water partition coefficient (Wildman–Crippen LogP) is 4.81. The zero-order chi connectivity index (χ0) is 22.9. The Balaban J connectivity index is 1.38. The average molecular weight is 455 g/mol. The van der Waals surface area contributed by atoms with Gasteiger partial charge in [-0.2, -0.15) is 0 Å². The monoisotopic (exact) mass is 454 g/mol. The van der Waals surface area contributed by atoms with Crippen LogP contribution in [0.2, 0.25) is 5.02 Å². The first-order valence-electron chi connectivity index (χ1n) is 11.2. The molecular weight excluding hydrogens is 424 g/mol. The highest BCUT2D eigenvalue weighted by atomic mass is 35.5. The van der Waals surface area contributed by atoms with E-state index in [9.17, 15) is 9.90 Å². The molecule has 1 aliphatic heterocycles. The van der Waals surface area contributed by atoms with Crippen molar-refractivity contribution in [1.29, 1.82) is 0 Å². The fourth-order valence-electron chi connectivity index (χ4n) is 4.62. The Morgan fingerprint density at radius 3 is 2.62 bits per heavy atom. The second-order valence-electron chi connectivity index (χ2n) is 9.08. The first kappa shape index (κ1) is 22.7. The molecule has 5 nitrogen and oxygen atoms in total.